The zero-order valence-corrected chi connectivity index (χ0v) is 20.9. The molecule has 3 aromatic carbocycles. The van der Waals surface area contributed by atoms with Gasteiger partial charge in [0.15, 0.2) is 0 Å². The molecule has 1 saturated heterocycles. The molecule has 0 unspecified atom stereocenters. The second-order valence-corrected chi connectivity index (χ2v) is 9.10. The molecule has 0 aliphatic carbocycles. The van der Waals surface area contributed by atoms with Gasteiger partial charge in [-0.3, -0.25) is 14.9 Å². The molecule has 0 saturated carbocycles. The molecule has 1 aliphatic heterocycles. The lowest BCUT2D eigenvalue weighted by Crippen LogP contribution is -2.49. The Bertz CT molecular complexity index is 1330. The van der Waals surface area contributed by atoms with Crippen molar-refractivity contribution in [2.24, 2.45) is 0 Å². The molecule has 8 nitrogen and oxygen atoms in total. The summed E-state index contributed by atoms with van der Waals surface area (Å²) >= 11 is 3.43. The van der Waals surface area contributed by atoms with Gasteiger partial charge < -0.3 is 14.5 Å². The van der Waals surface area contributed by atoms with Gasteiger partial charge in [0.25, 0.3) is 11.6 Å². The summed E-state index contributed by atoms with van der Waals surface area (Å²) in [6.45, 7) is 2.50. The summed E-state index contributed by atoms with van der Waals surface area (Å²) in [5, 5.41) is 20.8. The number of nitriles is 1. The normalized spacial score (nSPS) is 13.7. The van der Waals surface area contributed by atoms with Crippen LogP contribution in [-0.2, 0) is 11.4 Å². The first-order valence-electron chi connectivity index (χ1n) is 11.3. The van der Waals surface area contributed by atoms with Crippen LogP contribution in [0.2, 0.25) is 0 Å². The maximum atomic E-state index is 13.2. The summed E-state index contributed by atoms with van der Waals surface area (Å²) < 4.78 is 6.68. The zero-order valence-electron chi connectivity index (χ0n) is 19.3. The van der Waals surface area contributed by atoms with Gasteiger partial charge in [-0.25, -0.2) is 0 Å². The number of ether oxygens (including phenoxy) is 1. The van der Waals surface area contributed by atoms with Crippen LogP contribution in [0.15, 0.2) is 82.8 Å². The monoisotopic (exact) mass is 546 g/mol. The van der Waals surface area contributed by atoms with Crippen molar-refractivity contribution in [2.45, 2.75) is 6.61 Å². The molecule has 36 heavy (non-hydrogen) atoms. The van der Waals surface area contributed by atoms with Crippen LogP contribution in [-0.4, -0.2) is 41.9 Å². The van der Waals surface area contributed by atoms with Crippen LogP contribution in [0.1, 0.15) is 11.1 Å². The molecule has 9 heteroatoms. The van der Waals surface area contributed by atoms with Gasteiger partial charge in [-0.15, -0.1) is 0 Å². The average molecular weight is 547 g/mol. The molecule has 4 rings (SSSR count). The summed E-state index contributed by atoms with van der Waals surface area (Å²) in [5.41, 5.74) is 2.30. The molecular weight excluding hydrogens is 524 g/mol. The third-order valence-corrected chi connectivity index (χ3v) is 6.32. The lowest BCUT2D eigenvalue weighted by molar-refractivity contribution is -0.384. The first-order chi connectivity index (χ1) is 17.4. The molecule has 3 aromatic rings. The van der Waals surface area contributed by atoms with Crippen molar-refractivity contribution < 1.29 is 14.5 Å². The minimum Gasteiger partial charge on any atom is -0.488 e. The lowest BCUT2D eigenvalue weighted by atomic mass is 10.1. The van der Waals surface area contributed by atoms with E-state index in [9.17, 15) is 20.2 Å². The van der Waals surface area contributed by atoms with Crippen LogP contribution >= 0.6 is 15.9 Å². The maximum absolute atomic E-state index is 13.2. The first-order valence-corrected chi connectivity index (χ1v) is 12.1. The van der Waals surface area contributed by atoms with Crippen molar-refractivity contribution in [2.75, 3.05) is 31.1 Å². The number of para-hydroxylation sites is 1. The van der Waals surface area contributed by atoms with E-state index in [1.54, 1.807) is 35.2 Å². The van der Waals surface area contributed by atoms with Gasteiger partial charge in [-0.2, -0.15) is 5.26 Å². The largest absolute Gasteiger partial charge is 0.488 e. The molecule has 0 bridgehead atoms. The number of non-ortho nitro benzene ring substituents is 1. The number of amides is 1. The van der Waals surface area contributed by atoms with Crippen molar-refractivity contribution in [3.05, 3.63) is 104 Å². The number of nitro benzene ring substituents is 1. The summed E-state index contributed by atoms with van der Waals surface area (Å²) in [5.74, 6) is 0.133. The number of hydrogen-bond acceptors (Lipinski definition) is 6. The number of carbonyl (C=O) groups is 1. The molecule has 1 aliphatic rings. The molecule has 0 N–H and O–H groups in total. The van der Waals surface area contributed by atoms with Crippen molar-refractivity contribution in [3.63, 3.8) is 0 Å². The van der Waals surface area contributed by atoms with E-state index in [1.807, 2.05) is 36.4 Å². The fraction of sp³-hybridized carbons (Fsp3) is 0.185. The lowest BCUT2D eigenvalue weighted by Gasteiger charge is -2.36. The van der Waals surface area contributed by atoms with Crippen molar-refractivity contribution in [1.29, 1.82) is 5.26 Å². The Labute approximate surface area is 217 Å². The number of anilines is 1. The molecular formula is C27H23BrN4O4. The highest BCUT2D eigenvalue weighted by molar-refractivity contribution is 9.10. The van der Waals surface area contributed by atoms with E-state index >= 15 is 0 Å². The Morgan fingerprint density at radius 2 is 1.81 bits per heavy atom. The van der Waals surface area contributed by atoms with Crippen LogP contribution in [0, 0.1) is 21.4 Å². The first kappa shape index (κ1) is 24.9. The van der Waals surface area contributed by atoms with Crippen molar-refractivity contribution >= 4 is 39.3 Å². The zero-order chi connectivity index (χ0) is 25.5. The van der Waals surface area contributed by atoms with Crippen LogP contribution in [0.25, 0.3) is 6.08 Å². The number of benzene rings is 3. The third kappa shape index (κ3) is 6.09. The second-order valence-electron chi connectivity index (χ2n) is 8.18. The predicted molar refractivity (Wildman–Crippen MR) is 140 cm³/mol. The van der Waals surface area contributed by atoms with Crippen LogP contribution in [0.4, 0.5) is 11.4 Å². The highest BCUT2D eigenvalue weighted by atomic mass is 79.9. The Kier molecular flexibility index (Phi) is 7.98. The van der Waals surface area contributed by atoms with Gasteiger partial charge in [0.1, 0.15) is 24.0 Å². The topological polar surface area (TPSA) is 99.7 Å². The third-order valence-electron chi connectivity index (χ3n) is 5.83. The summed E-state index contributed by atoms with van der Waals surface area (Å²) in [4.78, 5) is 27.6. The van der Waals surface area contributed by atoms with Gasteiger partial charge in [0, 0.05) is 54.0 Å². The SMILES string of the molecule is N#C/C(=C/c1cc(Br)ccc1OCc1cccc([N+](=O)[O-])c1)C(=O)N1CCN(c2ccccc2)CC1. The predicted octanol–water partition coefficient (Wildman–Crippen LogP) is 5.19. The second kappa shape index (κ2) is 11.5. The van der Waals surface area contributed by atoms with E-state index in [2.05, 4.69) is 20.8 Å². The Morgan fingerprint density at radius 1 is 1.06 bits per heavy atom. The van der Waals surface area contributed by atoms with Gasteiger partial charge in [0.05, 0.1) is 4.92 Å². The number of rotatable bonds is 7. The van der Waals surface area contributed by atoms with Crippen molar-refractivity contribution in [3.8, 4) is 11.8 Å². The molecule has 1 fully saturated rings. The fourth-order valence-corrected chi connectivity index (χ4v) is 4.34. The number of halogens is 1. The molecule has 1 heterocycles. The van der Waals surface area contributed by atoms with Gasteiger partial charge in [0.2, 0.25) is 0 Å². The minimum atomic E-state index is -0.457. The van der Waals surface area contributed by atoms with E-state index in [1.165, 1.54) is 18.2 Å². The van der Waals surface area contributed by atoms with Gasteiger partial charge in [-0.1, -0.05) is 46.3 Å². The fourth-order valence-electron chi connectivity index (χ4n) is 3.96. The Morgan fingerprint density at radius 3 is 2.50 bits per heavy atom. The average Bonchev–Trinajstić information content (AvgIpc) is 2.91. The number of hydrogen-bond donors (Lipinski definition) is 0. The summed E-state index contributed by atoms with van der Waals surface area (Å²) in [7, 11) is 0. The number of nitrogens with zero attached hydrogens (tertiary/aromatic N) is 4. The van der Waals surface area contributed by atoms with Crippen molar-refractivity contribution in [1.82, 2.24) is 4.90 Å². The Balaban J connectivity index is 1.48. The van der Waals surface area contributed by atoms with Gasteiger partial charge in [-0.05, 0) is 42.0 Å². The van der Waals surface area contributed by atoms with Crippen LogP contribution in [0.3, 0.4) is 0 Å². The Hall–Kier alpha value is -4.16. The molecule has 182 valence electrons. The highest BCUT2D eigenvalue weighted by Gasteiger charge is 2.24. The van der Waals surface area contributed by atoms with Crippen LogP contribution < -0.4 is 9.64 Å². The van der Waals surface area contributed by atoms with Crippen LogP contribution in [0.5, 0.6) is 5.75 Å². The summed E-state index contributed by atoms with van der Waals surface area (Å²) in [6, 6.07) is 23.6. The van der Waals surface area contributed by atoms with E-state index in [0.29, 0.717) is 43.1 Å². The molecule has 0 atom stereocenters. The standard InChI is InChI=1S/C27H23BrN4O4/c28-23-9-10-26(36-19-20-5-4-8-25(15-20)32(34)35)21(17-23)16-22(18-29)27(33)31-13-11-30(12-14-31)24-6-2-1-3-7-24/h1-10,15-17H,11-14,19H2/b22-16-. The summed E-state index contributed by atoms with van der Waals surface area (Å²) in [6.07, 6.45) is 1.53. The van der Waals surface area contributed by atoms with E-state index in [-0.39, 0.29) is 23.8 Å². The van der Waals surface area contributed by atoms with E-state index < -0.39 is 4.92 Å². The van der Waals surface area contributed by atoms with Gasteiger partial charge >= 0.3 is 0 Å². The number of nitro groups is 1. The number of carbonyl (C=O) groups excluding carboxylic acids is 1. The molecule has 0 spiro atoms. The number of piperazine rings is 1. The minimum absolute atomic E-state index is 0.0152. The highest BCUT2D eigenvalue weighted by Crippen LogP contribution is 2.27. The van der Waals surface area contributed by atoms with E-state index in [0.717, 1.165) is 10.2 Å². The molecule has 0 radical (unpaired) electrons. The smallest absolute Gasteiger partial charge is 0.269 e. The van der Waals surface area contributed by atoms with E-state index in [4.69, 9.17) is 4.74 Å². The molecule has 0 aromatic heterocycles. The maximum Gasteiger partial charge on any atom is 0.269 e. The quantitative estimate of drug-likeness (QED) is 0.175. The molecule has 1 amide bonds.